The first kappa shape index (κ1) is 52.6. The van der Waals surface area contributed by atoms with Crippen LogP contribution in [-0.4, -0.2) is 177 Å². The fraction of sp³-hybridized carbons (Fsp3) is 0.188. The molecule has 5 aromatic carbocycles. The van der Waals surface area contributed by atoms with Crippen molar-refractivity contribution in [3.05, 3.63) is 81.4 Å². The van der Waals surface area contributed by atoms with Crippen molar-refractivity contribution < 1.29 is 158 Å². The van der Waals surface area contributed by atoms with E-state index in [1.165, 1.54) is 0 Å². The summed E-state index contributed by atoms with van der Waals surface area (Å²) < 4.78 is 44.5. The standard InChI is InChI=1S/C48H32O32/c49-15-1-9(2-16(50)27(15)56)41(65)79-46-39-38-36(76-45(69)13-7-22(55)48(72)47(70,71)26(13)25-12(44(68)78-39)4-19(53)30(59)37(25)80-48)21(74-46)8-73-42(66)10-3-17(51)28(57)31(60)23(10)24-11(43(67)77-38)5-20(54)35(32(24)61)75-34-14(40(63)64)6-18(52)29(58)33(34)62/h1-7,21,26,36,38-39,46,49-54,56-62,70-72H,8H2,(H,63,64)/t21-,26+,36-,38+,39-,46+,48+/m1/s1. The van der Waals surface area contributed by atoms with E-state index in [-0.39, 0.29) is 12.1 Å². The Morgan fingerprint density at radius 3 is 1.75 bits per heavy atom. The smallest absolute Gasteiger partial charge is 0.340 e. The van der Waals surface area contributed by atoms with Crippen LogP contribution in [0.15, 0.2) is 48.0 Å². The SMILES string of the molecule is O=C1O[C@H]2[C@@H]3OC(=O)c4cc(O)c(Oc5c(C(=O)O)cc(O)c(O)c5O)c(O)c4-c4c(cc(O)c(O)c4O)C(=O)OC[C@H]2O[C@@H](OC(=O)c2cc(O)c(O)c(O)c2)[C@@H]3OC(=O)c2cc(O)c(O)c3c2[C@@H]2C1=CC(=O)[C@](O)(O3)C2(O)O. The van der Waals surface area contributed by atoms with E-state index >= 15 is 4.79 Å². The number of benzene rings is 5. The van der Waals surface area contributed by atoms with E-state index in [0.29, 0.717) is 30.3 Å². The van der Waals surface area contributed by atoms with E-state index in [2.05, 4.69) is 0 Å². The lowest BCUT2D eigenvalue weighted by atomic mass is 9.70. The third-order valence-electron chi connectivity index (χ3n) is 13.1. The molecule has 0 unspecified atom stereocenters. The van der Waals surface area contributed by atoms with Gasteiger partial charge in [-0.15, -0.1) is 0 Å². The summed E-state index contributed by atoms with van der Waals surface area (Å²) in [7, 11) is 0. The molecule has 32 nitrogen and oxygen atoms in total. The summed E-state index contributed by atoms with van der Waals surface area (Å²) in [6, 6.07) is 2.27. The molecule has 10 rings (SSSR count). The van der Waals surface area contributed by atoms with E-state index in [4.69, 9.17) is 37.9 Å². The third kappa shape index (κ3) is 7.64. The van der Waals surface area contributed by atoms with Gasteiger partial charge < -0.3 is 125 Å². The minimum Gasteiger partial charge on any atom is -0.504 e. The van der Waals surface area contributed by atoms with Gasteiger partial charge in [-0.25, -0.2) is 28.8 Å². The van der Waals surface area contributed by atoms with Gasteiger partial charge in [0.25, 0.3) is 5.79 Å². The number of esters is 5. The number of aromatic carboxylic acids is 1. The molecule has 5 aliphatic rings. The number of carboxylic acids is 1. The van der Waals surface area contributed by atoms with Crippen LogP contribution in [-0.2, 0) is 38.0 Å². The lowest BCUT2D eigenvalue weighted by molar-refractivity contribution is -0.339. The Balaban J connectivity index is 1.22. The Morgan fingerprint density at radius 1 is 0.550 bits per heavy atom. The quantitative estimate of drug-likeness (QED) is 0.0469. The van der Waals surface area contributed by atoms with Crippen LogP contribution in [0.4, 0.5) is 0 Å². The molecule has 0 spiro atoms. The summed E-state index contributed by atoms with van der Waals surface area (Å²) in [5.74, 6) is -46.2. The van der Waals surface area contributed by atoms with E-state index < -0.39 is 238 Å². The molecule has 1 saturated heterocycles. The maximum atomic E-state index is 15.1. The number of carboxylic acid groups (broad SMARTS) is 1. The number of phenolic OH excluding ortho intramolecular Hbond substituents is 13. The van der Waals surface area contributed by atoms with Crippen LogP contribution in [0.2, 0.25) is 0 Å². The molecular formula is C48H32O32. The van der Waals surface area contributed by atoms with Crippen molar-refractivity contribution in [2.24, 2.45) is 0 Å². The van der Waals surface area contributed by atoms with Crippen LogP contribution in [0, 0.1) is 0 Å². The van der Waals surface area contributed by atoms with Gasteiger partial charge >= 0.3 is 41.6 Å². The molecule has 32 heteroatoms. The second-order valence-electron chi connectivity index (χ2n) is 17.8. The van der Waals surface area contributed by atoms with Crippen molar-refractivity contribution in [2.75, 3.05) is 6.61 Å². The Morgan fingerprint density at radius 2 is 1.09 bits per heavy atom. The summed E-state index contributed by atoms with van der Waals surface area (Å²) in [4.78, 5) is 98.7. The first-order chi connectivity index (χ1) is 37.5. The fourth-order valence-electron chi connectivity index (χ4n) is 9.34. The van der Waals surface area contributed by atoms with E-state index in [9.17, 15) is 116 Å². The number of carbonyl (C=O) groups is 7. The highest BCUT2D eigenvalue weighted by atomic mass is 16.8. The molecule has 80 heavy (non-hydrogen) atoms. The van der Waals surface area contributed by atoms with Gasteiger partial charge in [-0.3, -0.25) is 4.79 Å². The summed E-state index contributed by atoms with van der Waals surface area (Å²) >= 11 is 0. The number of fused-ring (bicyclic) bond motifs is 4. The molecule has 5 aromatic rings. The largest absolute Gasteiger partial charge is 0.504 e. The van der Waals surface area contributed by atoms with Gasteiger partial charge in [0.1, 0.15) is 18.3 Å². The van der Waals surface area contributed by atoms with Gasteiger partial charge in [0.05, 0.1) is 33.7 Å². The van der Waals surface area contributed by atoms with Gasteiger partial charge in [-0.05, 0) is 36.4 Å². The molecule has 6 bridgehead atoms. The highest BCUT2D eigenvalue weighted by Gasteiger charge is 2.70. The minimum atomic E-state index is -4.05. The van der Waals surface area contributed by atoms with Crippen molar-refractivity contribution >= 4 is 41.6 Å². The van der Waals surface area contributed by atoms with Crippen molar-refractivity contribution in [1.82, 2.24) is 0 Å². The Bertz CT molecular complexity index is 3700. The number of ether oxygens (including phenoxy) is 8. The van der Waals surface area contributed by atoms with Gasteiger partial charge in [-0.2, -0.15) is 0 Å². The molecule has 7 atom stereocenters. The number of rotatable bonds is 5. The van der Waals surface area contributed by atoms with Gasteiger partial charge in [-0.1, -0.05) is 0 Å². The van der Waals surface area contributed by atoms with Gasteiger partial charge in [0.15, 0.2) is 75.5 Å². The lowest BCUT2D eigenvalue weighted by Gasteiger charge is -2.49. The fourth-order valence-corrected chi connectivity index (χ4v) is 9.34. The molecule has 4 aliphatic heterocycles. The third-order valence-corrected chi connectivity index (χ3v) is 13.1. The number of cyclic esters (lactones) is 1. The number of phenols is 13. The predicted molar refractivity (Wildman–Crippen MR) is 241 cm³/mol. The maximum Gasteiger partial charge on any atom is 0.340 e. The summed E-state index contributed by atoms with van der Waals surface area (Å²) in [6.07, 6.45) is -12.8. The number of carbonyl (C=O) groups excluding carboxylic acids is 6. The van der Waals surface area contributed by atoms with Crippen LogP contribution in [0.5, 0.6) is 92.0 Å². The van der Waals surface area contributed by atoms with E-state index in [0.717, 1.165) is 0 Å². The maximum absolute atomic E-state index is 15.1. The molecule has 0 aromatic heterocycles. The zero-order chi connectivity index (χ0) is 58.3. The number of hydrogen-bond donors (Lipinski definition) is 17. The predicted octanol–water partition coefficient (Wildman–Crippen LogP) is -0.200. The number of ketones is 1. The zero-order valence-corrected chi connectivity index (χ0v) is 38.9. The average Bonchev–Trinajstić information content (AvgIpc) is 3.53. The molecule has 17 N–H and O–H groups in total. The van der Waals surface area contributed by atoms with Crippen molar-refractivity contribution in [3.63, 3.8) is 0 Å². The molecule has 1 aliphatic carbocycles. The molecule has 1 fully saturated rings. The van der Waals surface area contributed by atoms with Crippen molar-refractivity contribution in [2.45, 2.75) is 48.2 Å². The molecule has 4 heterocycles. The first-order valence-corrected chi connectivity index (χ1v) is 22.2. The second kappa shape index (κ2) is 17.9. The molecular weight excluding hydrogens is 1090 g/mol. The zero-order valence-electron chi connectivity index (χ0n) is 38.9. The highest BCUT2D eigenvalue weighted by molar-refractivity contribution is 6.10. The Labute approximate surface area is 438 Å². The Kier molecular flexibility index (Phi) is 11.8. The average molecular weight is 1120 g/mol. The monoisotopic (exact) mass is 1120 g/mol. The first-order valence-electron chi connectivity index (χ1n) is 22.2. The molecule has 416 valence electrons. The highest BCUT2D eigenvalue weighted by Crippen LogP contribution is 2.60. The number of hydrogen-bond acceptors (Lipinski definition) is 31. The lowest BCUT2D eigenvalue weighted by Crippen LogP contribution is -2.70. The van der Waals surface area contributed by atoms with Crippen LogP contribution in [0.1, 0.15) is 63.3 Å². The topological polar surface area (TPSA) is 537 Å². The van der Waals surface area contributed by atoms with Crippen molar-refractivity contribution in [1.29, 1.82) is 0 Å². The number of aliphatic hydroxyl groups is 3. The minimum absolute atomic E-state index is 0.214. The summed E-state index contributed by atoms with van der Waals surface area (Å²) in [6.45, 7) is -1.43. The van der Waals surface area contributed by atoms with E-state index in [1.54, 1.807) is 0 Å². The van der Waals surface area contributed by atoms with Crippen LogP contribution in [0.25, 0.3) is 11.1 Å². The summed E-state index contributed by atoms with van der Waals surface area (Å²) in [5, 5.41) is 184. The molecule has 0 radical (unpaired) electrons. The molecule has 0 saturated carbocycles. The Hall–Kier alpha value is -10.8. The number of aromatic hydroxyl groups is 13. The van der Waals surface area contributed by atoms with Gasteiger partial charge in [0.2, 0.25) is 46.9 Å². The van der Waals surface area contributed by atoms with Crippen LogP contribution < -0.4 is 9.47 Å². The molecule has 0 amide bonds. The van der Waals surface area contributed by atoms with Gasteiger partial charge in [0, 0.05) is 22.8 Å². The van der Waals surface area contributed by atoms with Crippen LogP contribution >= 0.6 is 0 Å². The van der Waals surface area contributed by atoms with Crippen molar-refractivity contribution in [3.8, 4) is 103 Å². The van der Waals surface area contributed by atoms with Crippen LogP contribution in [0.3, 0.4) is 0 Å². The summed E-state index contributed by atoms with van der Waals surface area (Å²) in [5.41, 5.74) is -10.7. The van der Waals surface area contributed by atoms with E-state index in [1.807, 2.05) is 0 Å². The second-order valence-corrected chi connectivity index (χ2v) is 17.8. The normalized spacial score (nSPS) is 23.5.